The highest BCUT2D eigenvalue weighted by molar-refractivity contribution is 7.98. The Labute approximate surface area is 150 Å². The van der Waals surface area contributed by atoms with Crippen LogP contribution in [-0.2, 0) is 6.54 Å². The predicted octanol–water partition coefficient (Wildman–Crippen LogP) is 4.13. The third-order valence-electron chi connectivity index (χ3n) is 3.95. The third kappa shape index (κ3) is 3.34. The van der Waals surface area contributed by atoms with Gasteiger partial charge in [0.05, 0.1) is 5.69 Å². The summed E-state index contributed by atoms with van der Waals surface area (Å²) < 4.78 is 1.72. The minimum absolute atomic E-state index is 0.585. The van der Waals surface area contributed by atoms with Crippen LogP contribution in [0.15, 0.2) is 71.9 Å². The summed E-state index contributed by atoms with van der Waals surface area (Å²) in [5.74, 6) is 1.46. The molecule has 0 aliphatic heterocycles. The van der Waals surface area contributed by atoms with Gasteiger partial charge >= 0.3 is 0 Å². The van der Waals surface area contributed by atoms with Crippen molar-refractivity contribution in [2.45, 2.75) is 11.4 Å². The molecule has 0 amide bonds. The standard InChI is InChI=1S/C19H17N5S/c1-25-16-9-7-14(8-10-16)12-20-18-11-17(15-5-3-2-4-6-15)23-19-21-13-22-24(18)19/h2-11,13,20H,12H2,1H3. The molecule has 2 heterocycles. The number of anilines is 1. The fourth-order valence-electron chi connectivity index (χ4n) is 2.63. The van der Waals surface area contributed by atoms with Crippen LogP contribution in [0.5, 0.6) is 0 Å². The van der Waals surface area contributed by atoms with E-state index in [2.05, 4.69) is 50.9 Å². The van der Waals surface area contributed by atoms with E-state index in [1.54, 1.807) is 16.3 Å². The van der Waals surface area contributed by atoms with E-state index in [1.165, 1.54) is 16.8 Å². The molecule has 0 saturated heterocycles. The highest BCUT2D eigenvalue weighted by Crippen LogP contribution is 2.22. The van der Waals surface area contributed by atoms with Crippen molar-refractivity contribution >= 4 is 23.4 Å². The number of thioether (sulfide) groups is 1. The third-order valence-corrected chi connectivity index (χ3v) is 4.70. The van der Waals surface area contributed by atoms with Crippen molar-refractivity contribution in [3.05, 3.63) is 72.6 Å². The molecule has 4 aromatic rings. The maximum absolute atomic E-state index is 4.59. The molecule has 5 nitrogen and oxygen atoms in total. The average Bonchev–Trinajstić information content (AvgIpc) is 3.16. The second-order valence-electron chi connectivity index (χ2n) is 5.57. The van der Waals surface area contributed by atoms with Gasteiger partial charge in [0.2, 0.25) is 0 Å². The summed E-state index contributed by atoms with van der Waals surface area (Å²) in [4.78, 5) is 10.1. The van der Waals surface area contributed by atoms with Crippen molar-refractivity contribution in [3.63, 3.8) is 0 Å². The molecule has 0 unspecified atom stereocenters. The first-order valence-electron chi connectivity index (χ1n) is 7.96. The summed E-state index contributed by atoms with van der Waals surface area (Å²) in [7, 11) is 0. The maximum Gasteiger partial charge on any atom is 0.254 e. The molecule has 0 bridgehead atoms. The van der Waals surface area contributed by atoms with E-state index in [0.717, 1.165) is 17.1 Å². The number of nitrogens with one attached hydrogen (secondary N) is 1. The number of nitrogens with zero attached hydrogens (tertiary/aromatic N) is 4. The monoisotopic (exact) mass is 347 g/mol. The Morgan fingerprint density at radius 3 is 2.60 bits per heavy atom. The number of aromatic nitrogens is 4. The van der Waals surface area contributed by atoms with Crippen molar-refractivity contribution < 1.29 is 0 Å². The number of hydrogen-bond donors (Lipinski definition) is 1. The summed E-state index contributed by atoms with van der Waals surface area (Å²) in [5, 5.41) is 7.72. The zero-order valence-electron chi connectivity index (χ0n) is 13.8. The van der Waals surface area contributed by atoms with Crippen LogP contribution < -0.4 is 5.32 Å². The van der Waals surface area contributed by atoms with Gasteiger partial charge in [-0.2, -0.15) is 14.6 Å². The Morgan fingerprint density at radius 2 is 1.84 bits per heavy atom. The highest BCUT2D eigenvalue weighted by atomic mass is 32.2. The SMILES string of the molecule is CSc1ccc(CNc2cc(-c3ccccc3)nc3ncnn23)cc1. The van der Waals surface area contributed by atoms with Gasteiger partial charge in [-0.1, -0.05) is 42.5 Å². The summed E-state index contributed by atoms with van der Waals surface area (Å²) in [5.41, 5.74) is 3.14. The van der Waals surface area contributed by atoms with Gasteiger partial charge in [0.15, 0.2) is 0 Å². The van der Waals surface area contributed by atoms with Crippen LogP contribution in [0.25, 0.3) is 17.0 Å². The largest absolute Gasteiger partial charge is 0.366 e. The zero-order valence-corrected chi connectivity index (χ0v) is 14.6. The van der Waals surface area contributed by atoms with Crippen molar-refractivity contribution in [3.8, 4) is 11.3 Å². The lowest BCUT2D eigenvalue weighted by molar-refractivity contribution is 0.926. The quantitative estimate of drug-likeness (QED) is 0.550. The molecule has 1 N–H and O–H groups in total. The summed E-state index contributed by atoms with van der Waals surface area (Å²) in [6.07, 6.45) is 3.60. The maximum atomic E-state index is 4.59. The minimum atomic E-state index is 0.585. The zero-order chi connectivity index (χ0) is 17.1. The molecule has 0 atom stereocenters. The first kappa shape index (κ1) is 15.7. The van der Waals surface area contributed by atoms with Crippen molar-refractivity contribution in [2.24, 2.45) is 0 Å². The van der Waals surface area contributed by atoms with E-state index in [1.807, 2.05) is 36.4 Å². The first-order chi connectivity index (χ1) is 12.3. The fourth-order valence-corrected chi connectivity index (χ4v) is 3.04. The number of rotatable bonds is 5. The normalized spacial score (nSPS) is 10.9. The lowest BCUT2D eigenvalue weighted by atomic mass is 10.1. The lowest BCUT2D eigenvalue weighted by Gasteiger charge is -2.10. The Morgan fingerprint density at radius 1 is 1.04 bits per heavy atom. The molecule has 0 aliphatic carbocycles. The molecular formula is C19H17N5S. The highest BCUT2D eigenvalue weighted by Gasteiger charge is 2.09. The van der Waals surface area contributed by atoms with E-state index in [0.29, 0.717) is 12.3 Å². The van der Waals surface area contributed by atoms with Crippen LogP contribution in [0.2, 0.25) is 0 Å². The smallest absolute Gasteiger partial charge is 0.254 e. The topological polar surface area (TPSA) is 55.1 Å². The summed E-state index contributed by atoms with van der Waals surface area (Å²) in [6, 6.07) is 20.6. The second kappa shape index (κ2) is 6.94. The molecule has 25 heavy (non-hydrogen) atoms. The van der Waals surface area contributed by atoms with Crippen LogP contribution in [-0.4, -0.2) is 25.8 Å². The van der Waals surface area contributed by atoms with Crippen LogP contribution >= 0.6 is 11.8 Å². The van der Waals surface area contributed by atoms with E-state index in [4.69, 9.17) is 0 Å². The molecule has 0 spiro atoms. The number of fused-ring (bicyclic) bond motifs is 1. The van der Waals surface area contributed by atoms with Crippen LogP contribution in [0.4, 0.5) is 5.82 Å². The van der Waals surface area contributed by atoms with E-state index in [-0.39, 0.29) is 0 Å². The molecule has 2 aromatic heterocycles. The van der Waals surface area contributed by atoms with Gasteiger partial charge in [-0.25, -0.2) is 4.98 Å². The molecule has 6 heteroatoms. The van der Waals surface area contributed by atoms with Crippen molar-refractivity contribution in [2.75, 3.05) is 11.6 Å². The van der Waals surface area contributed by atoms with E-state index < -0.39 is 0 Å². The molecule has 0 radical (unpaired) electrons. The van der Waals surface area contributed by atoms with Gasteiger partial charge in [-0.05, 0) is 24.0 Å². The summed E-state index contributed by atoms with van der Waals surface area (Å²) >= 11 is 1.74. The molecule has 4 rings (SSSR count). The van der Waals surface area contributed by atoms with Gasteiger partial charge < -0.3 is 5.32 Å². The molecule has 2 aromatic carbocycles. The molecular weight excluding hydrogens is 330 g/mol. The van der Waals surface area contributed by atoms with E-state index >= 15 is 0 Å². The van der Waals surface area contributed by atoms with Crippen molar-refractivity contribution in [1.29, 1.82) is 0 Å². The molecule has 0 saturated carbocycles. The van der Waals surface area contributed by atoms with Crippen LogP contribution in [0, 0.1) is 0 Å². The Balaban J connectivity index is 1.64. The minimum Gasteiger partial charge on any atom is -0.366 e. The van der Waals surface area contributed by atoms with Crippen molar-refractivity contribution in [1.82, 2.24) is 19.6 Å². The van der Waals surface area contributed by atoms with Gasteiger partial charge in [0, 0.05) is 23.1 Å². The van der Waals surface area contributed by atoms with Crippen LogP contribution in [0.3, 0.4) is 0 Å². The lowest BCUT2D eigenvalue weighted by Crippen LogP contribution is -2.06. The summed E-state index contributed by atoms with van der Waals surface area (Å²) in [6.45, 7) is 0.710. The predicted molar refractivity (Wildman–Crippen MR) is 102 cm³/mol. The van der Waals surface area contributed by atoms with Gasteiger partial charge in [-0.3, -0.25) is 0 Å². The van der Waals surface area contributed by atoms with E-state index in [9.17, 15) is 0 Å². The van der Waals surface area contributed by atoms with Gasteiger partial charge in [0.25, 0.3) is 5.78 Å². The van der Waals surface area contributed by atoms with Crippen LogP contribution in [0.1, 0.15) is 5.56 Å². The molecule has 0 aliphatic rings. The Hall–Kier alpha value is -2.86. The first-order valence-corrected chi connectivity index (χ1v) is 9.19. The fraction of sp³-hybridized carbons (Fsp3) is 0.105. The number of hydrogen-bond acceptors (Lipinski definition) is 5. The molecule has 124 valence electrons. The Kier molecular flexibility index (Phi) is 4.35. The molecule has 0 fully saturated rings. The number of benzene rings is 2. The second-order valence-corrected chi connectivity index (χ2v) is 6.45. The average molecular weight is 347 g/mol. The van der Waals surface area contributed by atoms with Gasteiger partial charge in [0.1, 0.15) is 12.1 Å². The van der Waals surface area contributed by atoms with Gasteiger partial charge in [-0.15, -0.1) is 11.8 Å². The Bertz CT molecular complexity index is 980.